The highest BCUT2D eigenvalue weighted by molar-refractivity contribution is 7.89. The summed E-state index contributed by atoms with van der Waals surface area (Å²) in [6.45, 7) is 7.67. The quantitative estimate of drug-likeness (QED) is 0.797. The molecule has 1 aromatic rings. The van der Waals surface area contributed by atoms with Crippen LogP contribution in [0.5, 0.6) is 0 Å². The van der Waals surface area contributed by atoms with Crippen molar-refractivity contribution >= 4 is 33.0 Å². The molecule has 0 saturated carbocycles. The highest BCUT2D eigenvalue weighted by Gasteiger charge is 2.30. The molecule has 7 heteroatoms. The van der Waals surface area contributed by atoms with Gasteiger partial charge in [-0.15, -0.1) is 22.9 Å². The van der Waals surface area contributed by atoms with Gasteiger partial charge in [0.15, 0.2) is 0 Å². The monoisotopic (exact) mass is 322 g/mol. The average molecular weight is 323 g/mol. The predicted octanol–water partition coefficient (Wildman–Crippen LogP) is 2.12. The molecule has 0 aliphatic carbocycles. The Morgan fingerprint density at radius 1 is 1.32 bits per heavy atom. The van der Waals surface area contributed by atoms with Crippen LogP contribution >= 0.6 is 22.9 Å². The molecule has 2 heterocycles. The molecule has 4 nitrogen and oxygen atoms in total. The maximum atomic E-state index is 12.6. The van der Waals surface area contributed by atoms with Gasteiger partial charge in [-0.05, 0) is 19.5 Å². The highest BCUT2D eigenvalue weighted by atomic mass is 35.5. The van der Waals surface area contributed by atoms with Crippen molar-refractivity contribution in [2.75, 3.05) is 32.7 Å². The van der Waals surface area contributed by atoms with E-state index >= 15 is 0 Å². The van der Waals surface area contributed by atoms with E-state index < -0.39 is 10.0 Å². The maximum absolute atomic E-state index is 12.6. The van der Waals surface area contributed by atoms with Gasteiger partial charge >= 0.3 is 0 Å². The van der Waals surface area contributed by atoms with Gasteiger partial charge in [0.25, 0.3) is 0 Å². The molecule has 1 fully saturated rings. The van der Waals surface area contributed by atoms with Crippen LogP contribution < -0.4 is 0 Å². The van der Waals surface area contributed by atoms with Crippen molar-refractivity contribution in [1.29, 1.82) is 0 Å². The topological polar surface area (TPSA) is 40.6 Å². The fourth-order valence-corrected chi connectivity index (χ4v) is 5.39. The lowest BCUT2D eigenvalue weighted by Gasteiger charge is -2.33. The molecule has 19 heavy (non-hydrogen) atoms. The summed E-state index contributed by atoms with van der Waals surface area (Å²) in [5.41, 5.74) is 0. The van der Waals surface area contributed by atoms with E-state index in [1.165, 1.54) is 11.3 Å². The van der Waals surface area contributed by atoms with E-state index in [0.717, 1.165) is 29.4 Å². The summed E-state index contributed by atoms with van der Waals surface area (Å²) in [7, 11) is -3.36. The van der Waals surface area contributed by atoms with E-state index in [9.17, 15) is 8.42 Å². The molecular weight excluding hydrogens is 304 g/mol. The number of hydrogen-bond donors (Lipinski definition) is 0. The first-order valence-electron chi connectivity index (χ1n) is 6.36. The van der Waals surface area contributed by atoms with Gasteiger partial charge in [-0.25, -0.2) is 8.42 Å². The third kappa shape index (κ3) is 3.13. The fraction of sp³-hybridized carbons (Fsp3) is 0.667. The molecule has 1 saturated heterocycles. The molecule has 0 unspecified atom stereocenters. The molecule has 0 bridgehead atoms. The molecule has 1 aliphatic rings. The summed E-state index contributed by atoms with van der Waals surface area (Å²) >= 11 is 7.24. The predicted molar refractivity (Wildman–Crippen MR) is 79.5 cm³/mol. The smallest absolute Gasteiger partial charge is 0.244 e. The number of aryl methyl sites for hydroxylation is 1. The van der Waals surface area contributed by atoms with Crippen molar-refractivity contribution < 1.29 is 8.42 Å². The zero-order valence-electron chi connectivity index (χ0n) is 11.2. The second-order valence-corrected chi connectivity index (χ2v) is 8.12. The van der Waals surface area contributed by atoms with Crippen LogP contribution in [0.2, 0.25) is 0 Å². The lowest BCUT2D eigenvalue weighted by atomic mass is 10.4. The van der Waals surface area contributed by atoms with Crippen molar-refractivity contribution in [3.8, 4) is 0 Å². The summed E-state index contributed by atoms with van der Waals surface area (Å²) in [6.07, 6.45) is 0. The summed E-state index contributed by atoms with van der Waals surface area (Å²) in [5, 5.41) is 0. The number of nitrogens with zero attached hydrogens (tertiary/aromatic N) is 2. The summed E-state index contributed by atoms with van der Waals surface area (Å²) in [5.74, 6) is 0.366. The number of sulfonamides is 1. The zero-order valence-corrected chi connectivity index (χ0v) is 13.6. The van der Waals surface area contributed by atoms with E-state index in [1.54, 1.807) is 10.4 Å². The Balaban J connectivity index is 2.20. The van der Waals surface area contributed by atoms with Crippen LogP contribution in [0.15, 0.2) is 11.0 Å². The molecule has 0 atom stereocenters. The van der Waals surface area contributed by atoms with Crippen LogP contribution in [-0.4, -0.2) is 50.3 Å². The van der Waals surface area contributed by atoms with Crippen LogP contribution in [0.4, 0.5) is 0 Å². The third-order valence-electron chi connectivity index (χ3n) is 3.45. The first kappa shape index (κ1) is 15.3. The van der Waals surface area contributed by atoms with Crippen LogP contribution in [0.1, 0.15) is 16.7 Å². The fourth-order valence-electron chi connectivity index (χ4n) is 2.27. The Kier molecular flexibility index (Phi) is 4.89. The Bertz CT molecular complexity index is 534. The minimum atomic E-state index is -3.36. The second-order valence-electron chi connectivity index (χ2n) is 4.61. The molecule has 0 spiro atoms. The summed E-state index contributed by atoms with van der Waals surface area (Å²) in [4.78, 5) is 4.42. The number of hydrogen-bond acceptors (Lipinski definition) is 4. The van der Waals surface area contributed by atoms with Crippen molar-refractivity contribution in [3.05, 3.63) is 15.8 Å². The molecule has 1 aromatic heterocycles. The van der Waals surface area contributed by atoms with Gasteiger partial charge in [0, 0.05) is 35.9 Å². The Labute approximate surface area is 124 Å². The Morgan fingerprint density at radius 3 is 2.42 bits per heavy atom. The molecule has 0 N–H and O–H groups in total. The maximum Gasteiger partial charge on any atom is 0.244 e. The number of likely N-dealkylation sites (N-methyl/N-ethyl adjacent to an activating group) is 1. The molecular formula is C12H19ClN2O2S2. The van der Waals surface area contributed by atoms with Crippen LogP contribution in [-0.2, 0) is 15.9 Å². The third-order valence-corrected chi connectivity index (χ3v) is 7.10. The second kappa shape index (κ2) is 6.10. The van der Waals surface area contributed by atoms with Gasteiger partial charge in [0.1, 0.15) is 0 Å². The first-order valence-corrected chi connectivity index (χ1v) is 9.16. The highest BCUT2D eigenvalue weighted by Crippen LogP contribution is 2.29. The van der Waals surface area contributed by atoms with Gasteiger partial charge in [0.2, 0.25) is 10.0 Å². The van der Waals surface area contributed by atoms with Crippen molar-refractivity contribution in [2.45, 2.75) is 24.6 Å². The molecule has 1 aliphatic heterocycles. The van der Waals surface area contributed by atoms with E-state index in [-0.39, 0.29) is 0 Å². The lowest BCUT2D eigenvalue weighted by Crippen LogP contribution is -2.48. The van der Waals surface area contributed by atoms with Gasteiger partial charge in [-0.1, -0.05) is 6.92 Å². The Hall–Kier alpha value is -0.140. The van der Waals surface area contributed by atoms with E-state index in [1.807, 2.05) is 6.92 Å². The normalized spacial score (nSPS) is 18.9. The molecule has 0 amide bonds. The number of thiophene rings is 1. The number of alkyl halides is 1. The van der Waals surface area contributed by atoms with E-state index in [0.29, 0.717) is 23.9 Å². The summed E-state index contributed by atoms with van der Waals surface area (Å²) < 4.78 is 26.8. The first-order chi connectivity index (χ1) is 8.98. The minimum absolute atomic E-state index is 0.366. The van der Waals surface area contributed by atoms with E-state index in [2.05, 4.69) is 11.8 Å². The zero-order chi connectivity index (χ0) is 14.0. The molecule has 108 valence electrons. The Morgan fingerprint density at radius 2 is 1.95 bits per heavy atom. The van der Waals surface area contributed by atoms with Gasteiger partial charge in [0.05, 0.1) is 10.8 Å². The number of piperazine rings is 1. The standard InChI is InChI=1S/C12H19ClN2O2S2/c1-3-14-4-6-15(7-5-14)19(16,17)12-8-11(9-13)18-10(12)2/h8H,3-7,9H2,1-2H3. The van der Waals surface area contributed by atoms with Crippen molar-refractivity contribution in [1.82, 2.24) is 9.21 Å². The van der Waals surface area contributed by atoms with Crippen LogP contribution in [0, 0.1) is 6.92 Å². The largest absolute Gasteiger partial charge is 0.301 e. The number of halogens is 1. The van der Waals surface area contributed by atoms with E-state index in [4.69, 9.17) is 11.6 Å². The molecule has 0 radical (unpaired) electrons. The average Bonchev–Trinajstić information content (AvgIpc) is 2.81. The van der Waals surface area contributed by atoms with Gasteiger partial charge in [-0.3, -0.25) is 0 Å². The van der Waals surface area contributed by atoms with Gasteiger partial charge < -0.3 is 4.90 Å². The lowest BCUT2D eigenvalue weighted by molar-refractivity contribution is 0.196. The number of rotatable bonds is 4. The summed E-state index contributed by atoms with van der Waals surface area (Å²) in [6, 6.07) is 1.72. The van der Waals surface area contributed by atoms with Gasteiger partial charge in [-0.2, -0.15) is 4.31 Å². The molecule has 0 aromatic carbocycles. The van der Waals surface area contributed by atoms with Crippen molar-refractivity contribution in [3.63, 3.8) is 0 Å². The van der Waals surface area contributed by atoms with Crippen molar-refractivity contribution in [2.24, 2.45) is 0 Å². The molecule has 2 rings (SSSR count). The van der Waals surface area contributed by atoms with Crippen LogP contribution in [0.25, 0.3) is 0 Å². The minimum Gasteiger partial charge on any atom is -0.301 e. The van der Waals surface area contributed by atoms with Crippen LogP contribution in [0.3, 0.4) is 0 Å². The SMILES string of the molecule is CCN1CCN(S(=O)(=O)c2cc(CCl)sc2C)CC1.